The minimum Gasteiger partial charge on any atom is -0.497 e. The number of benzene rings is 3. The Morgan fingerprint density at radius 2 is 1.72 bits per heavy atom. The van der Waals surface area contributed by atoms with Crippen LogP contribution in [0.3, 0.4) is 0 Å². The van der Waals surface area contributed by atoms with Crippen LogP contribution in [0.4, 0.5) is 0 Å². The summed E-state index contributed by atoms with van der Waals surface area (Å²) in [5.74, 6) is 1.76. The maximum atomic E-state index is 8.37. The van der Waals surface area contributed by atoms with Crippen LogP contribution in [-0.2, 0) is 6.61 Å². The highest BCUT2D eigenvalue weighted by Gasteiger charge is 2.13. The molecule has 0 amide bonds. The van der Waals surface area contributed by atoms with Crippen molar-refractivity contribution in [2.24, 2.45) is 5.73 Å². The van der Waals surface area contributed by atoms with Gasteiger partial charge in [-0.05, 0) is 42.0 Å². The van der Waals surface area contributed by atoms with E-state index in [2.05, 4.69) is 0 Å². The van der Waals surface area contributed by atoms with Gasteiger partial charge in [-0.15, -0.1) is 0 Å². The number of ether oxygens (including phenoxy) is 3. The Bertz CT molecular complexity index is 1140. The summed E-state index contributed by atoms with van der Waals surface area (Å²) in [4.78, 5) is 0.731. The Morgan fingerprint density at radius 1 is 0.969 bits per heavy atom. The Morgan fingerprint density at radius 3 is 2.41 bits per heavy atom. The van der Waals surface area contributed by atoms with E-state index >= 15 is 0 Å². The molecule has 0 bridgehead atoms. The summed E-state index contributed by atoms with van der Waals surface area (Å²) in [5.41, 5.74) is 8.12. The topological polar surface area (TPSA) is 77.6 Å². The fourth-order valence-corrected chi connectivity index (χ4v) is 4.22. The van der Waals surface area contributed by atoms with Crippen molar-refractivity contribution in [1.29, 1.82) is 5.41 Å². The van der Waals surface area contributed by atoms with Gasteiger partial charge in [-0.1, -0.05) is 65.3 Å². The van der Waals surface area contributed by atoms with Gasteiger partial charge in [0.1, 0.15) is 23.9 Å². The van der Waals surface area contributed by atoms with Crippen LogP contribution in [0.25, 0.3) is 5.70 Å². The van der Waals surface area contributed by atoms with Crippen molar-refractivity contribution in [3.05, 3.63) is 87.9 Å². The summed E-state index contributed by atoms with van der Waals surface area (Å²) < 4.78 is 16.5. The fourth-order valence-electron chi connectivity index (χ4n) is 2.83. The second-order valence-electron chi connectivity index (χ2n) is 6.62. The number of thioether (sulfide) groups is 1. The molecule has 3 aromatic carbocycles. The van der Waals surface area contributed by atoms with Gasteiger partial charge < -0.3 is 19.9 Å². The molecule has 8 heteroatoms. The zero-order valence-corrected chi connectivity index (χ0v) is 19.9. The Hall–Kier alpha value is -2.80. The molecule has 3 rings (SSSR count). The third-order valence-electron chi connectivity index (χ3n) is 4.45. The van der Waals surface area contributed by atoms with E-state index in [1.54, 1.807) is 44.6 Å². The zero-order chi connectivity index (χ0) is 23.1. The molecule has 0 spiro atoms. The van der Waals surface area contributed by atoms with Crippen molar-refractivity contribution in [2.75, 3.05) is 14.2 Å². The largest absolute Gasteiger partial charge is 0.497 e. The second-order valence-corrected chi connectivity index (χ2v) is 8.52. The monoisotopic (exact) mass is 488 g/mol. The number of nitrogens with one attached hydrogen (secondary N) is 1. The van der Waals surface area contributed by atoms with Crippen molar-refractivity contribution >= 4 is 45.7 Å². The van der Waals surface area contributed by atoms with E-state index in [1.165, 1.54) is 17.8 Å². The van der Waals surface area contributed by atoms with Gasteiger partial charge in [0.25, 0.3) is 0 Å². The van der Waals surface area contributed by atoms with Gasteiger partial charge in [-0.25, -0.2) is 0 Å². The standard InChI is InChI=1S/C24H22Cl2N2O3S/c1-29-16-8-9-21(30-2)23(10-16)32-24(28)13-20(27)17-11-22(19(26)12-18(17)25)31-14-15-6-4-3-5-7-15/h3-13,28H,14,27H2,1-2H3/b20-13-,28-24?. The second kappa shape index (κ2) is 11.2. The number of hydrogen-bond donors (Lipinski definition) is 2. The average molecular weight is 489 g/mol. The van der Waals surface area contributed by atoms with Crippen molar-refractivity contribution in [2.45, 2.75) is 11.5 Å². The molecule has 0 fully saturated rings. The SMILES string of the molecule is COc1ccc(OC)c(SC(=N)/C=C(\N)c2cc(OCc3ccccc3)c(Cl)cc2Cl)c1. The maximum absolute atomic E-state index is 8.37. The van der Waals surface area contributed by atoms with Crippen LogP contribution in [-0.4, -0.2) is 19.3 Å². The summed E-state index contributed by atoms with van der Waals surface area (Å²) in [7, 11) is 3.16. The fraction of sp³-hybridized carbons (Fsp3) is 0.125. The lowest BCUT2D eigenvalue weighted by molar-refractivity contribution is 0.306. The van der Waals surface area contributed by atoms with Gasteiger partial charge >= 0.3 is 0 Å². The Balaban J connectivity index is 1.80. The van der Waals surface area contributed by atoms with E-state index in [4.69, 9.17) is 48.6 Å². The highest BCUT2D eigenvalue weighted by molar-refractivity contribution is 8.14. The summed E-state index contributed by atoms with van der Waals surface area (Å²) in [6.45, 7) is 0.354. The minimum atomic E-state index is 0.201. The molecule has 0 saturated heterocycles. The highest BCUT2D eigenvalue weighted by atomic mass is 35.5. The Kier molecular flexibility index (Phi) is 8.33. The number of rotatable bonds is 8. The first-order valence-electron chi connectivity index (χ1n) is 9.53. The summed E-state index contributed by atoms with van der Waals surface area (Å²) in [6.07, 6.45) is 1.53. The van der Waals surface area contributed by atoms with Crippen molar-refractivity contribution < 1.29 is 14.2 Å². The molecule has 0 atom stereocenters. The van der Waals surface area contributed by atoms with Crippen molar-refractivity contribution in [3.8, 4) is 17.2 Å². The molecule has 0 unspecified atom stereocenters. The van der Waals surface area contributed by atoms with Gasteiger partial charge in [0.15, 0.2) is 0 Å². The van der Waals surface area contributed by atoms with E-state index in [-0.39, 0.29) is 5.04 Å². The summed E-state index contributed by atoms with van der Waals surface area (Å²) in [6, 6.07) is 18.4. The number of hydrogen-bond acceptors (Lipinski definition) is 6. The molecule has 5 nitrogen and oxygen atoms in total. The molecule has 0 aliphatic heterocycles. The van der Waals surface area contributed by atoms with Crippen LogP contribution >= 0.6 is 35.0 Å². The maximum Gasteiger partial charge on any atom is 0.139 e. The van der Waals surface area contributed by atoms with Crippen LogP contribution in [0.2, 0.25) is 10.0 Å². The smallest absolute Gasteiger partial charge is 0.139 e. The lowest BCUT2D eigenvalue weighted by Crippen LogP contribution is -2.02. The molecule has 0 aliphatic rings. The minimum absolute atomic E-state index is 0.201. The van der Waals surface area contributed by atoms with Gasteiger partial charge in [0.2, 0.25) is 0 Å². The van der Waals surface area contributed by atoms with Crippen LogP contribution < -0.4 is 19.9 Å². The molecule has 0 radical (unpaired) electrons. The number of methoxy groups -OCH3 is 2. The lowest BCUT2D eigenvalue weighted by atomic mass is 10.1. The molecule has 0 heterocycles. The molecule has 3 aromatic rings. The molecule has 32 heavy (non-hydrogen) atoms. The predicted octanol–water partition coefficient (Wildman–Crippen LogP) is 6.66. The third kappa shape index (κ3) is 6.13. The molecule has 0 aromatic heterocycles. The van der Waals surface area contributed by atoms with Gasteiger partial charge in [-0.2, -0.15) is 0 Å². The number of halogens is 2. The number of nitrogens with two attached hydrogens (primary N) is 1. The van der Waals surface area contributed by atoms with E-state index in [1.807, 2.05) is 30.3 Å². The average Bonchev–Trinajstić information content (AvgIpc) is 2.79. The molecular formula is C24H22Cl2N2O3S. The van der Waals surface area contributed by atoms with Crippen molar-refractivity contribution in [3.63, 3.8) is 0 Å². The molecule has 0 saturated carbocycles. The predicted molar refractivity (Wildman–Crippen MR) is 133 cm³/mol. The third-order valence-corrected chi connectivity index (χ3v) is 5.93. The molecule has 3 N–H and O–H groups in total. The first-order valence-corrected chi connectivity index (χ1v) is 11.1. The van der Waals surface area contributed by atoms with E-state index < -0.39 is 0 Å². The van der Waals surface area contributed by atoms with E-state index in [0.29, 0.717) is 45.2 Å². The van der Waals surface area contributed by atoms with Crippen LogP contribution in [0.1, 0.15) is 11.1 Å². The van der Waals surface area contributed by atoms with E-state index in [0.717, 1.165) is 10.5 Å². The van der Waals surface area contributed by atoms with Crippen LogP contribution in [0.15, 0.2) is 71.6 Å². The summed E-state index contributed by atoms with van der Waals surface area (Å²) in [5, 5.41) is 9.33. The van der Waals surface area contributed by atoms with E-state index in [9.17, 15) is 0 Å². The summed E-state index contributed by atoms with van der Waals surface area (Å²) >= 11 is 13.9. The van der Waals surface area contributed by atoms with Gasteiger partial charge in [0.05, 0.1) is 34.2 Å². The normalized spacial score (nSPS) is 11.2. The van der Waals surface area contributed by atoms with Crippen molar-refractivity contribution in [1.82, 2.24) is 0 Å². The molecule has 0 aliphatic carbocycles. The first-order chi connectivity index (χ1) is 15.4. The molecule has 166 valence electrons. The lowest BCUT2D eigenvalue weighted by Gasteiger charge is -2.13. The van der Waals surface area contributed by atoms with Crippen LogP contribution in [0, 0.1) is 5.41 Å². The quantitative estimate of drug-likeness (QED) is 0.210. The molecular weight excluding hydrogens is 467 g/mol. The van der Waals surface area contributed by atoms with Crippen LogP contribution in [0.5, 0.6) is 17.2 Å². The highest BCUT2D eigenvalue weighted by Crippen LogP contribution is 2.36. The zero-order valence-electron chi connectivity index (χ0n) is 17.5. The van der Waals surface area contributed by atoms with Gasteiger partial charge in [0, 0.05) is 11.3 Å². The first kappa shape index (κ1) is 23.9. The Labute approximate surface area is 201 Å². The van der Waals surface area contributed by atoms with Gasteiger partial charge in [-0.3, -0.25) is 5.41 Å².